The zero-order valence-electron chi connectivity index (χ0n) is 27.4. The van der Waals surface area contributed by atoms with Crippen LogP contribution in [0.4, 0.5) is 0 Å². The SMILES string of the molecule is CC(C)c1cccc(C(C)C)c1B1c2ccccc2Oc2c1oc1cnc(-c3[c-]cccc3)cc21.[Ir].[c-]1ccccc1-c1ccccn1. The minimum Gasteiger partial charge on any atom is -0.465 e. The number of ether oxygens (including phenoxy) is 1. The molecule has 0 unspecified atom stereocenters. The van der Waals surface area contributed by atoms with Crippen molar-refractivity contribution in [3.05, 3.63) is 151 Å². The third-order valence-electron chi connectivity index (χ3n) is 8.60. The second kappa shape index (κ2) is 14.6. The van der Waals surface area contributed by atoms with E-state index < -0.39 is 0 Å². The van der Waals surface area contributed by atoms with Gasteiger partial charge in [0.25, 0.3) is 6.71 Å². The Labute approximate surface area is 296 Å². The fourth-order valence-electron chi connectivity index (χ4n) is 6.36. The number of nitrogens with zero attached hydrogens (tertiary/aromatic N) is 2. The molecule has 0 bridgehead atoms. The summed E-state index contributed by atoms with van der Waals surface area (Å²) in [7, 11) is 0. The monoisotopic (exact) mass is 803 g/mol. The van der Waals surface area contributed by atoms with Gasteiger partial charge in [-0.05, 0) is 51.9 Å². The predicted octanol–water partition coefficient (Wildman–Crippen LogP) is 8.71. The summed E-state index contributed by atoms with van der Waals surface area (Å²) in [5.41, 5.74) is 10.6. The Balaban J connectivity index is 0.000000260. The largest absolute Gasteiger partial charge is 0.465 e. The maximum atomic E-state index is 6.58. The molecular formula is C42H35BIrN2O2-2. The van der Waals surface area contributed by atoms with Crippen LogP contribution >= 0.6 is 0 Å². The molecule has 0 N–H and O–H groups in total. The Morgan fingerprint density at radius 2 is 1.31 bits per heavy atom. The summed E-state index contributed by atoms with van der Waals surface area (Å²) in [4.78, 5) is 8.90. The van der Waals surface area contributed by atoms with Crippen LogP contribution in [-0.4, -0.2) is 16.7 Å². The molecule has 0 fully saturated rings. The number of aromatic nitrogens is 2. The first-order chi connectivity index (χ1) is 23.0. The van der Waals surface area contributed by atoms with Gasteiger partial charge in [-0.1, -0.05) is 87.8 Å². The average molecular weight is 803 g/mol. The Morgan fingerprint density at radius 1 is 0.667 bits per heavy atom. The summed E-state index contributed by atoms with van der Waals surface area (Å²) in [5, 5.41) is 0.940. The first-order valence-electron chi connectivity index (χ1n) is 16.2. The second-order valence-electron chi connectivity index (χ2n) is 12.4. The number of fused-ring (bicyclic) bond motifs is 4. The van der Waals surface area contributed by atoms with Crippen LogP contribution in [0.2, 0.25) is 0 Å². The molecule has 48 heavy (non-hydrogen) atoms. The van der Waals surface area contributed by atoms with E-state index in [1.165, 1.54) is 16.6 Å². The number of hydrogen-bond acceptors (Lipinski definition) is 4. The van der Waals surface area contributed by atoms with E-state index in [9.17, 15) is 0 Å². The van der Waals surface area contributed by atoms with Crippen molar-refractivity contribution in [2.24, 2.45) is 0 Å². The Morgan fingerprint density at radius 3 is 1.94 bits per heavy atom. The van der Waals surface area contributed by atoms with Gasteiger partial charge >= 0.3 is 0 Å². The van der Waals surface area contributed by atoms with Crippen LogP contribution < -0.4 is 21.3 Å². The first kappa shape index (κ1) is 33.1. The van der Waals surface area contributed by atoms with Crippen LogP contribution in [0.5, 0.6) is 11.5 Å². The molecule has 0 spiro atoms. The van der Waals surface area contributed by atoms with E-state index >= 15 is 0 Å². The third-order valence-corrected chi connectivity index (χ3v) is 8.60. The zero-order chi connectivity index (χ0) is 32.3. The maximum Gasteiger partial charge on any atom is 0.297 e. The number of rotatable bonds is 5. The van der Waals surface area contributed by atoms with E-state index in [4.69, 9.17) is 9.15 Å². The number of furan rings is 1. The molecule has 0 aliphatic carbocycles. The van der Waals surface area contributed by atoms with Crippen molar-refractivity contribution in [3.63, 3.8) is 0 Å². The van der Waals surface area contributed by atoms with Crippen molar-refractivity contribution in [1.82, 2.24) is 9.97 Å². The topological polar surface area (TPSA) is 48.2 Å². The van der Waals surface area contributed by atoms with Gasteiger partial charge in [0, 0.05) is 26.3 Å². The van der Waals surface area contributed by atoms with Crippen molar-refractivity contribution >= 4 is 34.3 Å². The molecule has 4 nitrogen and oxygen atoms in total. The van der Waals surface area contributed by atoms with Crippen LogP contribution in [0.3, 0.4) is 0 Å². The molecule has 4 heterocycles. The number of pyridine rings is 2. The molecule has 1 aliphatic rings. The first-order valence-corrected chi connectivity index (χ1v) is 16.2. The standard InChI is InChI=1S/C31H27BNO2.C11H8N.Ir/c1-19(2)22-13-10-14-23(20(3)4)29(22)32-25-15-8-9-16-27(25)34-30-24-17-26(21-11-6-5-7-12-21)33-18-28(24)35-31(30)32;1-2-6-10(7-3-1)11-8-4-5-9-12-11;/h5-11,13-20H,1-4H3;1-6,8-9H;/q2*-1;. The van der Waals surface area contributed by atoms with Crippen LogP contribution in [0.25, 0.3) is 33.5 Å². The summed E-state index contributed by atoms with van der Waals surface area (Å²) in [6.07, 6.45) is 3.60. The predicted molar refractivity (Wildman–Crippen MR) is 193 cm³/mol. The van der Waals surface area contributed by atoms with Crippen LogP contribution in [0.15, 0.2) is 132 Å². The molecule has 0 atom stereocenters. The molecular weight excluding hydrogens is 768 g/mol. The maximum absolute atomic E-state index is 6.58. The minimum atomic E-state index is -0.0508. The average Bonchev–Trinajstić information content (AvgIpc) is 3.49. The molecule has 6 heteroatoms. The Kier molecular flexibility index (Phi) is 10.1. The summed E-state index contributed by atoms with van der Waals surface area (Å²) in [5.74, 6) is 2.43. The fourth-order valence-corrected chi connectivity index (χ4v) is 6.36. The van der Waals surface area contributed by atoms with Gasteiger partial charge in [-0.2, -0.15) is 0 Å². The van der Waals surface area contributed by atoms with Crippen molar-refractivity contribution in [2.45, 2.75) is 39.5 Å². The van der Waals surface area contributed by atoms with Gasteiger partial charge in [0.05, 0.1) is 11.6 Å². The molecule has 0 amide bonds. The van der Waals surface area contributed by atoms with E-state index in [0.717, 1.165) is 56.1 Å². The van der Waals surface area contributed by atoms with Crippen molar-refractivity contribution < 1.29 is 29.3 Å². The van der Waals surface area contributed by atoms with Gasteiger partial charge < -0.3 is 19.1 Å². The molecule has 3 aromatic heterocycles. The zero-order valence-corrected chi connectivity index (χ0v) is 29.8. The second-order valence-corrected chi connectivity index (χ2v) is 12.4. The number of hydrogen-bond donors (Lipinski definition) is 0. The summed E-state index contributed by atoms with van der Waals surface area (Å²) in [6, 6.07) is 45.1. The quantitative estimate of drug-likeness (QED) is 0.129. The van der Waals surface area contributed by atoms with Crippen molar-refractivity contribution in [2.75, 3.05) is 0 Å². The van der Waals surface area contributed by atoms with Crippen molar-refractivity contribution in [3.8, 4) is 34.0 Å². The number of para-hydroxylation sites is 1. The summed E-state index contributed by atoms with van der Waals surface area (Å²) >= 11 is 0. The Bertz CT molecular complexity index is 2070. The van der Waals surface area contributed by atoms with Gasteiger partial charge in [0.2, 0.25) is 0 Å². The minimum absolute atomic E-state index is 0. The van der Waals surface area contributed by atoms with E-state index in [-0.39, 0.29) is 26.8 Å². The number of benzene rings is 4. The Hall–Kier alpha value is -4.77. The van der Waals surface area contributed by atoms with Gasteiger partial charge in [-0.3, -0.25) is 0 Å². The van der Waals surface area contributed by atoms with Crippen LogP contribution in [0.1, 0.15) is 50.7 Å². The molecule has 1 aliphatic heterocycles. The van der Waals surface area contributed by atoms with Gasteiger partial charge in [0.1, 0.15) is 11.4 Å². The molecule has 8 rings (SSSR count). The molecule has 0 saturated heterocycles. The normalized spacial score (nSPS) is 11.7. The summed E-state index contributed by atoms with van der Waals surface area (Å²) in [6.45, 7) is 9.01. The van der Waals surface area contributed by atoms with E-state index in [0.29, 0.717) is 11.8 Å². The molecule has 1 radical (unpaired) electrons. The molecule has 4 aromatic carbocycles. The molecule has 239 valence electrons. The van der Waals surface area contributed by atoms with E-state index in [1.54, 1.807) is 6.20 Å². The molecule has 7 aromatic rings. The van der Waals surface area contributed by atoms with Gasteiger partial charge in [-0.15, -0.1) is 71.8 Å². The third kappa shape index (κ3) is 6.51. The van der Waals surface area contributed by atoms with Crippen molar-refractivity contribution in [1.29, 1.82) is 0 Å². The van der Waals surface area contributed by atoms with E-state index in [1.807, 2.05) is 79.0 Å². The van der Waals surface area contributed by atoms with Gasteiger partial charge in [-0.25, -0.2) is 0 Å². The van der Waals surface area contributed by atoms with E-state index in [2.05, 4.69) is 92.3 Å². The molecule has 0 saturated carbocycles. The summed E-state index contributed by atoms with van der Waals surface area (Å²) < 4.78 is 13.1. The fraction of sp³-hybridized carbons (Fsp3) is 0.143. The smallest absolute Gasteiger partial charge is 0.297 e. The van der Waals surface area contributed by atoms with Crippen LogP contribution in [-0.2, 0) is 20.1 Å². The van der Waals surface area contributed by atoms with Gasteiger partial charge in [0.15, 0.2) is 11.3 Å². The van der Waals surface area contributed by atoms with Crippen LogP contribution in [0, 0.1) is 12.1 Å².